The zero-order valence-electron chi connectivity index (χ0n) is 16.6. The Hall–Kier alpha value is -2.44. The van der Waals surface area contributed by atoms with E-state index in [0.29, 0.717) is 17.8 Å². The predicted octanol–water partition coefficient (Wildman–Crippen LogP) is 2.57. The van der Waals surface area contributed by atoms with Crippen molar-refractivity contribution in [1.82, 2.24) is 10.6 Å². The highest BCUT2D eigenvalue weighted by Gasteiger charge is 2.51. The third kappa shape index (κ3) is 4.43. The number of carbonyl (C=O) groups is 3. The average Bonchev–Trinajstić information content (AvgIpc) is 2.64. The van der Waals surface area contributed by atoms with Gasteiger partial charge in [0.05, 0.1) is 0 Å². The van der Waals surface area contributed by atoms with Gasteiger partial charge in [0, 0.05) is 11.1 Å². The van der Waals surface area contributed by atoms with Crippen molar-refractivity contribution in [2.24, 2.45) is 17.8 Å². The minimum absolute atomic E-state index is 0.116. The summed E-state index contributed by atoms with van der Waals surface area (Å²) in [6.07, 6.45) is 5.99. The van der Waals surface area contributed by atoms with Gasteiger partial charge in [-0.2, -0.15) is 0 Å². The van der Waals surface area contributed by atoms with Crippen molar-refractivity contribution in [3.8, 4) is 0 Å². The Balaban J connectivity index is 1.25. The van der Waals surface area contributed by atoms with Gasteiger partial charge in [0.1, 0.15) is 12.4 Å². The third-order valence-corrected chi connectivity index (χ3v) is 6.58. The molecule has 1 aromatic carbocycles. The topological polar surface area (TPSA) is 84.5 Å². The Labute approximate surface area is 169 Å². The second-order valence-electron chi connectivity index (χ2n) is 9.01. The summed E-state index contributed by atoms with van der Waals surface area (Å²) in [7, 11) is 0. The lowest BCUT2D eigenvalue weighted by Crippen LogP contribution is -2.61. The lowest BCUT2D eigenvalue weighted by molar-refractivity contribution is -0.155. The van der Waals surface area contributed by atoms with Crippen LogP contribution in [0.3, 0.4) is 0 Å². The molecule has 4 bridgehead atoms. The number of halogens is 1. The molecule has 4 aliphatic carbocycles. The maximum Gasteiger partial charge on any atom is 0.326 e. The van der Waals surface area contributed by atoms with E-state index in [9.17, 15) is 18.8 Å². The number of ether oxygens (including phenoxy) is 1. The standard InChI is InChI=1S/C22H27FN2O4/c1-13(29-19(26)12-24-21(28)17-3-2-4-18(23)8-17)20(27)25-22-9-14-5-15(10-22)7-16(6-14)11-22/h2-4,8,13-16H,5-7,9-12H2,1H3,(H,24,28)(H,25,27)/t13-,14?,15?,16?,22?/m1/s1. The summed E-state index contributed by atoms with van der Waals surface area (Å²) in [4.78, 5) is 36.6. The minimum Gasteiger partial charge on any atom is -0.451 e. The van der Waals surface area contributed by atoms with Crippen LogP contribution in [0.15, 0.2) is 24.3 Å². The van der Waals surface area contributed by atoms with Crippen LogP contribution in [0.5, 0.6) is 0 Å². The molecule has 156 valence electrons. The minimum atomic E-state index is -0.929. The van der Waals surface area contributed by atoms with Crippen LogP contribution >= 0.6 is 0 Å². The number of rotatable bonds is 6. The van der Waals surface area contributed by atoms with Crippen LogP contribution in [0.1, 0.15) is 55.8 Å². The number of carbonyl (C=O) groups excluding carboxylic acids is 3. The van der Waals surface area contributed by atoms with Crippen LogP contribution in [0.4, 0.5) is 4.39 Å². The summed E-state index contributed by atoms with van der Waals surface area (Å²) in [5.74, 6) is 0.0225. The molecular weight excluding hydrogens is 375 g/mol. The molecule has 7 heteroatoms. The van der Waals surface area contributed by atoms with E-state index >= 15 is 0 Å². The maximum absolute atomic E-state index is 13.2. The molecule has 2 amide bonds. The van der Waals surface area contributed by atoms with Crippen LogP contribution in [0.2, 0.25) is 0 Å². The van der Waals surface area contributed by atoms with Gasteiger partial charge >= 0.3 is 5.97 Å². The molecule has 0 aliphatic heterocycles. The first-order valence-electron chi connectivity index (χ1n) is 10.4. The van der Waals surface area contributed by atoms with E-state index < -0.39 is 23.8 Å². The van der Waals surface area contributed by atoms with Crippen LogP contribution in [-0.4, -0.2) is 36.0 Å². The number of hydrogen-bond acceptors (Lipinski definition) is 4. The van der Waals surface area contributed by atoms with Gasteiger partial charge < -0.3 is 15.4 Å². The van der Waals surface area contributed by atoms with E-state index in [0.717, 1.165) is 25.3 Å². The fourth-order valence-electron chi connectivity index (χ4n) is 5.80. The molecule has 6 nitrogen and oxygen atoms in total. The van der Waals surface area contributed by atoms with Crippen LogP contribution in [0.25, 0.3) is 0 Å². The van der Waals surface area contributed by atoms with Crippen LogP contribution in [-0.2, 0) is 14.3 Å². The molecule has 0 heterocycles. The molecule has 0 saturated heterocycles. The number of amides is 2. The monoisotopic (exact) mass is 402 g/mol. The van der Waals surface area contributed by atoms with Crippen molar-refractivity contribution < 1.29 is 23.5 Å². The molecule has 1 aromatic rings. The molecule has 4 aliphatic rings. The molecule has 29 heavy (non-hydrogen) atoms. The van der Waals surface area contributed by atoms with Gasteiger partial charge in [0.25, 0.3) is 11.8 Å². The largest absolute Gasteiger partial charge is 0.451 e. The average molecular weight is 402 g/mol. The highest BCUT2D eigenvalue weighted by Crippen LogP contribution is 2.55. The van der Waals surface area contributed by atoms with Crippen molar-refractivity contribution in [3.63, 3.8) is 0 Å². The SMILES string of the molecule is C[C@@H](OC(=O)CNC(=O)c1cccc(F)c1)C(=O)NC12CC3CC(CC(C3)C1)C2. The first kappa shape index (κ1) is 19.9. The van der Waals surface area contributed by atoms with Gasteiger partial charge in [0.15, 0.2) is 6.10 Å². The first-order valence-corrected chi connectivity index (χ1v) is 10.4. The second-order valence-corrected chi connectivity index (χ2v) is 9.01. The molecule has 0 spiro atoms. The Morgan fingerprint density at radius 1 is 1.14 bits per heavy atom. The van der Waals surface area contributed by atoms with Crippen molar-refractivity contribution in [1.29, 1.82) is 0 Å². The summed E-state index contributed by atoms with van der Waals surface area (Å²) in [6.45, 7) is 1.16. The van der Waals surface area contributed by atoms with Gasteiger partial charge in [-0.3, -0.25) is 14.4 Å². The zero-order valence-corrected chi connectivity index (χ0v) is 16.6. The fraction of sp³-hybridized carbons (Fsp3) is 0.591. The van der Waals surface area contributed by atoms with E-state index in [-0.39, 0.29) is 23.6 Å². The Morgan fingerprint density at radius 2 is 1.76 bits per heavy atom. The third-order valence-electron chi connectivity index (χ3n) is 6.58. The molecule has 2 N–H and O–H groups in total. The summed E-state index contributed by atoms with van der Waals surface area (Å²) < 4.78 is 18.4. The van der Waals surface area contributed by atoms with Gasteiger partial charge in [-0.05, 0) is 81.4 Å². The van der Waals surface area contributed by atoms with Crippen LogP contribution in [0, 0.1) is 23.6 Å². The van der Waals surface area contributed by atoms with E-state index in [1.165, 1.54) is 37.5 Å². The summed E-state index contributed by atoms with van der Waals surface area (Å²) in [5, 5.41) is 5.57. The van der Waals surface area contributed by atoms with Crippen molar-refractivity contribution >= 4 is 17.8 Å². The first-order chi connectivity index (χ1) is 13.8. The lowest BCUT2D eigenvalue weighted by Gasteiger charge is -2.57. The summed E-state index contributed by atoms with van der Waals surface area (Å²) in [5.41, 5.74) is -0.0247. The maximum atomic E-state index is 13.2. The smallest absolute Gasteiger partial charge is 0.326 e. The van der Waals surface area contributed by atoms with Crippen molar-refractivity contribution in [2.75, 3.05) is 6.54 Å². The number of nitrogens with one attached hydrogen (secondary N) is 2. The molecule has 0 unspecified atom stereocenters. The molecule has 0 radical (unpaired) electrons. The number of hydrogen-bond donors (Lipinski definition) is 2. The molecule has 5 rings (SSSR count). The van der Waals surface area contributed by atoms with Gasteiger partial charge in [-0.1, -0.05) is 6.07 Å². The zero-order chi connectivity index (χ0) is 20.6. The molecule has 1 atom stereocenters. The molecular formula is C22H27FN2O4. The lowest BCUT2D eigenvalue weighted by atomic mass is 9.53. The van der Waals surface area contributed by atoms with Gasteiger partial charge in [0.2, 0.25) is 0 Å². The van der Waals surface area contributed by atoms with Crippen molar-refractivity contribution in [2.45, 2.75) is 57.1 Å². The van der Waals surface area contributed by atoms with Gasteiger partial charge in [-0.25, -0.2) is 4.39 Å². The van der Waals surface area contributed by atoms with E-state index in [1.807, 2.05) is 0 Å². The second kappa shape index (κ2) is 7.76. The number of benzene rings is 1. The molecule has 4 saturated carbocycles. The highest BCUT2D eigenvalue weighted by molar-refractivity contribution is 5.96. The predicted molar refractivity (Wildman–Crippen MR) is 103 cm³/mol. The summed E-state index contributed by atoms with van der Waals surface area (Å²) >= 11 is 0. The van der Waals surface area contributed by atoms with Crippen molar-refractivity contribution in [3.05, 3.63) is 35.6 Å². The Morgan fingerprint density at radius 3 is 2.34 bits per heavy atom. The summed E-state index contributed by atoms with van der Waals surface area (Å²) in [6, 6.07) is 5.18. The molecule has 4 fully saturated rings. The Kier molecular flexibility index (Phi) is 5.32. The van der Waals surface area contributed by atoms with Crippen LogP contribution < -0.4 is 10.6 Å². The van der Waals surface area contributed by atoms with Gasteiger partial charge in [-0.15, -0.1) is 0 Å². The Bertz CT molecular complexity index is 790. The normalized spacial score (nSPS) is 30.5. The molecule has 0 aromatic heterocycles. The van der Waals surface area contributed by atoms with E-state index in [2.05, 4.69) is 10.6 Å². The number of esters is 1. The van der Waals surface area contributed by atoms with E-state index in [4.69, 9.17) is 4.74 Å². The van der Waals surface area contributed by atoms with E-state index in [1.54, 1.807) is 6.92 Å². The quantitative estimate of drug-likeness (QED) is 0.717. The fourth-order valence-corrected chi connectivity index (χ4v) is 5.80. The highest BCUT2D eigenvalue weighted by atomic mass is 19.1.